The molecule has 0 bridgehead atoms. The smallest absolute Gasteiger partial charge is 0.119 e. The van der Waals surface area contributed by atoms with Crippen LogP contribution in [0.3, 0.4) is 0 Å². The van der Waals surface area contributed by atoms with E-state index in [1.807, 2.05) is 24.3 Å². The lowest BCUT2D eigenvalue weighted by Crippen LogP contribution is -2.49. The van der Waals surface area contributed by atoms with Crippen LogP contribution in [0.2, 0.25) is 0 Å². The van der Waals surface area contributed by atoms with Crippen LogP contribution < -0.4 is 10.5 Å². The lowest BCUT2D eigenvalue weighted by Gasteiger charge is -2.37. The van der Waals surface area contributed by atoms with Gasteiger partial charge in [-0.3, -0.25) is 4.90 Å². The van der Waals surface area contributed by atoms with Crippen LogP contribution in [0.15, 0.2) is 24.3 Å². The van der Waals surface area contributed by atoms with Crippen LogP contribution in [0.5, 0.6) is 5.75 Å². The van der Waals surface area contributed by atoms with Gasteiger partial charge >= 0.3 is 0 Å². The number of rotatable bonds is 5. The fourth-order valence-electron chi connectivity index (χ4n) is 3.29. The molecule has 2 aliphatic rings. The number of nitrogens with zero attached hydrogens (tertiary/aromatic N) is 1. The van der Waals surface area contributed by atoms with Crippen LogP contribution in [0, 0.1) is 0 Å². The quantitative estimate of drug-likeness (QED) is 0.890. The molecule has 4 nitrogen and oxygen atoms in total. The predicted molar refractivity (Wildman–Crippen MR) is 78.8 cm³/mol. The molecule has 1 aromatic rings. The van der Waals surface area contributed by atoms with E-state index in [9.17, 15) is 0 Å². The van der Waals surface area contributed by atoms with Crippen molar-refractivity contribution in [2.75, 3.05) is 26.3 Å². The molecule has 1 aromatic carbocycles. The van der Waals surface area contributed by atoms with E-state index in [1.54, 1.807) is 0 Å². The molecule has 0 aromatic heterocycles. The average molecular weight is 276 g/mol. The van der Waals surface area contributed by atoms with Gasteiger partial charge in [0.05, 0.1) is 12.7 Å². The Bertz CT molecular complexity index is 421. The summed E-state index contributed by atoms with van der Waals surface area (Å²) < 4.78 is 11.7. The average Bonchev–Trinajstić information content (AvgIpc) is 2.97. The molecular formula is C16H24N2O2. The Kier molecular flexibility index (Phi) is 4.55. The molecule has 1 aliphatic carbocycles. The summed E-state index contributed by atoms with van der Waals surface area (Å²) >= 11 is 0. The maximum Gasteiger partial charge on any atom is 0.119 e. The first-order valence-electron chi connectivity index (χ1n) is 7.64. The highest BCUT2D eigenvalue weighted by atomic mass is 16.5. The second kappa shape index (κ2) is 6.57. The molecule has 2 N–H and O–H groups in total. The van der Waals surface area contributed by atoms with E-state index in [-0.39, 0.29) is 0 Å². The molecule has 1 saturated carbocycles. The molecule has 1 aliphatic heterocycles. The van der Waals surface area contributed by atoms with Gasteiger partial charge in [0, 0.05) is 25.7 Å². The monoisotopic (exact) mass is 276 g/mol. The van der Waals surface area contributed by atoms with E-state index in [1.165, 1.54) is 19.3 Å². The third-order valence-electron chi connectivity index (χ3n) is 4.40. The molecule has 20 heavy (non-hydrogen) atoms. The lowest BCUT2D eigenvalue weighted by molar-refractivity contribution is -0.0583. The third kappa shape index (κ3) is 3.14. The number of hydrogen-bond acceptors (Lipinski definition) is 4. The first-order chi connectivity index (χ1) is 9.86. The van der Waals surface area contributed by atoms with Crippen LogP contribution in [0.25, 0.3) is 0 Å². The summed E-state index contributed by atoms with van der Waals surface area (Å²) in [5.41, 5.74) is 6.73. The number of fused-ring (bicyclic) bond motifs is 1. The van der Waals surface area contributed by atoms with E-state index < -0.39 is 0 Å². The van der Waals surface area contributed by atoms with Gasteiger partial charge in [-0.05, 0) is 37.0 Å². The zero-order valence-electron chi connectivity index (χ0n) is 12.0. The highest BCUT2D eigenvalue weighted by Crippen LogP contribution is 2.29. The fraction of sp³-hybridized carbons (Fsp3) is 0.625. The van der Waals surface area contributed by atoms with E-state index >= 15 is 0 Å². The van der Waals surface area contributed by atoms with Gasteiger partial charge in [0.15, 0.2) is 0 Å². The second-order valence-electron chi connectivity index (χ2n) is 5.64. The van der Waals surface area contributed by atoms with Gasteiger partial charge < -0.3 is 15.2 Å². The van der Waals surface area contributed by atoms with E-state index in [0.717, 1.165) is 37.6 Å². The molecule has 0 amide bonds. The molecule has 1 saturated heterocycles. The largest absolute Gasteiger partial charge is 0.492 e. The van der Waals surface area contributed by atoms with Crippen LogP contribution in [0.1, 0.15) is 24.8 Å². The van der Waals surface area contributed by atoms with Crippen molar-refractivity contribution in [3.8, 4) is 5.75 Å². The molecule has 2 unspecified atom stereocenters. The summed E-state index contributed by atoms with van der Waals surface area (Å²) in [5.74, 6) is 0.929. The topological polar surface area (TPSA) is 47.7 Å². The zero-order chi connectivity index (χ0) is 13.8. The molecule has 0 radical (unpaired) electrons. The van der Waals surface area contributed by atoms with Crippen LogP contribution in [0.4, 0.5) is 0 Å². The van der Waals surface area contributed by atoms with Crippen molar-refractivity contribution in [1.29, 1.82) is 0 Å². The minimum absolute atomic E-state index is 0.465. The Hall–Kier alpha value is -1.10. The highest BCUT2D eigenvalue weighted by molar-refractivity contribution is 5.27. The first-order valence-corrected chi connectivity index (χ1v) is 7.64. The minimum atomic E-state index is 0.465. The summed E-state index contributed by atoms with van der Waals surface area (Å²) in [7, 11) is 0. The minimum Gasteiger partial charge on any atom is -0.492 e. The number of nitrogens with two attached hydrogens (primary N) is 1. The summed E-state index contributed by atoms with van der Waals surface area (Å²) in [6, 6.07) is 8.67. The molecule has 0 spiro atoms. The Morgan fingerprint density at radius 3 is 2.90 bits per heavy atom. The maximum absolute atomic E-state index is 5.83. The Balaban J connectivity index is 1.46. The van der Waals surface area contributed by atoms with Crippen molar-refractivity contribution in [1.82, 2.24) is 4.90 Å². The van der Waals surface area contributed by atoms with Gasteiger partial charge in [-0.1, -0.05) is 12.1 Å². The molecule has 3 rings (SSSR count). The lowest BCUT2D eigenvalue weighted by atomic mass is 10.1. The number of morpholine rings is 1. The molecular weight excluding hydrogens is 252 g/mol. The molecule has 2 atom stereocenters. The fourth-order valence-corrected chi connectivity index (χ4v) is 3.29. The van der Waals surface area contributed by atoms with Gasteiger partial charge in [0.25, 0.3) is 0 Å². The molecule has 110 valence electrons. The molecule has 1 heterocycles. The van der Waals surface area contributed by atoms with E-state index in [2.05, 4.69) is 4.90 Å². The van der Waals surface area contributed by atoms with E-state index in [0.29, 0.717) is 18.7 Å². The normalized spacial score (nSPS) is 26.4. The molecule has 4 heteroatoms. The predicted octanol–water partition coefficient (Wildman–Crippen LogP) is 1.78. The number of benzene rings is 1. The summed E-state index contributed by atoms with van der Waals surface area (Å²) in [4.78, 5) is 2.54. The second-order valence-corrected chi connectivity index (χ2v) is 5.64. The van der Waals surface area contributed by atoms with Crippen LogP contribution >= 0.6 is 0 Å². The zero-order valence-corrected chi connectivity index (χ0v) is 12.0. The van der Waals surface area contributed by atoms with Crippen molar-refractivity contribution in [3.63, 3.8) is 0 Å². The third-order valence-corrected chi connectivity index (χ3v) is 4.40. The van der Waals surface area contributed by atoms with Crippen LogP contribution in [-0.2, 0) is 11.3 Å². The van der Waals surface area contributed by atoms with Gasteiger partial charge in [0.2, 0.25) is 0 Å². The number of hydrogen-bond donors (Lipinski definition) is 1. The first kappa shape index (κ1) is 13.9. The summed E-state index contributed by atoms with van der Waals surface area (Å²) in [6.45, 7) is 4.22. The SMILES string of the molecule is NCc1ccc(OCCN2CCOC3CCCC32)cc1. The van der Waals surface area contributed by atoms with Crippen molar-refractivity contribution in [3.05, 3.63) is 29.8 Å². The van der Waals surface area contributed by atoms with Crippen molar-refractivity contribution in [2.24, 2.45) is 5.73 Å². The van der Waals surface area contributed by atoms with Gasteiger partial charge in [-0.2, -0.15) is 0 Å². The standard InChI is InChI=1S/C16H24N2O2/c17-12-13-4-6-14(7-5-13)19-10-8-18-9-11-20-16-3-1-2-15(16)18/h4-7,15-16H,1-3,8-12,17H2. The molecule has 2 fully saturated rings. The Labute approximate surface area is 120 Å². The van der Waals surface area contributed by atoms with E-state index in [4.69, 9.17) is 15.2 Å². The Morgan fingerprint density at radius 2 is 2.10 bits per heavy atom. The van der Waals surface area contributed by atoms with Gasteiger partial charge in [-0.15, -0.1) is 0 Å². The summed E-state index contributed by atoms with van der Waals surface area (Å²) in [5, 5.41) is 0. The maximum atomic E-state index is 5.83. The number of ether oxygens (including phenoxy) is 2. The van der Waals surface area contributed by atoms with Crippen LogP contribution in [-0.4, -0.2) is 43.3 Å². The summed E-state index contributed by atoms with van der Waals surface area (Å²) in [6.07, 6.45) is 4.26. The van der Waals surface area contributed by atoms with Crippen molar-refractivity contribution >= 4 is 0 Å². The van der Waals surface area contributed by atoms with Gasteiger partial charge in [0.1, 0.15) is 12.4 Å². The van der Waals surface area contributed by atoms with Crippen molar-refractivity contribution in [2.45, 2.75) is 38.0 Å². The Morgan fingerprint density at radius 1 is 1.25 bits per heavy atom. The van der Waals surface area contributed by atoms with Crippen molar-refractivity contribution < 1.29 is 9.47 Å². The van der Waals surface area contributed by atoms with Gasteiger partial charge in [-0.25, -0.2) is 0 Å². The highest BCUT2D eigenvalue weighted by Gasteiger charge is 2.35.